The fourth-order valence-electron chi connectivity index (χ4n) is 3.82. The summed E-state index contributed by atoms with van der Waals surface area (Å²) in [7, 11) is 0. The van der Waals surface area contributed by atoms with E-state index in [0.29, 0.717) is 12.5 Å². The van der Waals surface area contributed by atoms with Gasteiger partial charge in [0.1, 0.15) is 0 Å². The number of allylic oxidation sites excluding steroid dienone is 1. The third kappa shape index (κ3) is 3.53. The number of carbonyl (C=O) groups excluding carboxylic acids is 2. The van der Waals surface area contributed by atoms with Gasteiger partial charge in [0.2, 0.25) is 11.8 Å². The monoisotopic (exact) mass is 326 g/mol. The van der Waals surface area contributed by atoms with Crippen molar-refractivity contribution in [1.29, 1.82) is 0 Å². The molecule has 0 atom stereocenters. The highest BCUT2D eigenvalue weighted by atomic mass is 16.2. The van der Waals surface area contributed by atoms with Gasteiger partial charge in [-0.2, -0.15) is 0 Å². The highest BCUT2D eigenvalue weighted by Crippen LogP contribution is 2.23. The van der Waals surface area contributed by atoms with Gasteiger partial charge in [-0.25, -0.2) is 0 Å². The van der Waals surface area contributed by atoms with Crippen LogP contribution in [0.15, 0.2) is 30.3 Å². The van der Waals surface area contributed by atoms with Gasteiger partial charge < -0.3 is 9.80 Å². The fourth-order valence-corrected chi connectivity index (χ4v) is 3.82. The molecule has 2 saturated heterocycles. The van der Waals surface area contributed by atoms with Crippen LogP contribution in [0.3, 0.4) is 0 Å². The van der Waals surface area contributed by atoms with Gasteiger partial charge in [-0.3, -0.25) is 9.59 Å². The van der Waals surface area contributed by atoms with Gasteiger partial charge in [0, 0.05) is 38.2 Å². The molecule has 0 bridgehead atoms. The predicted molar refractivity (Wildman–Crippen MR) is 95.4 cm³/mol. The number of benzene rings is 1. The van der Waals surface area contributed by atoms with Gasteiger partial charge in [0.05, 0.1) is 0 Å². The molecule has 1 aromatic rings. The Hall–Kier alpha value is -2.10. The largest absolute Gasteiger partial charge is 0.340 e. The lowest BCUT2D eigenvalue weighted by atomic mass is 10.0. The molecule has 24 heavy (non-hydrogen) atoms. The minimum absolute atomic E-state index is 0.0851. The molecule has 0 radical (unpaired) electrons. The topological polar surface area (TPSA) is 40.6 Å². The predicted octanol–water partition coefficient (Wildman–Crippen LogP) is 3.01. The number of likely N-dealkylation sites (tertiary alicyclic amines) is 2. The van der Waals surface area contributed by atoms with E-state index in [1.54, 1.807) is 6.08 Å². The van der Waals surface area contributed by atoms with Crippen molar-refractivity contribution in [3.05, 3.63) is 41.5 Å². The average molecular weight is 326 g/mol. The van der Waals surface area contributed by atoms with Crippen LogP contribution in [0.25, 0.3) is 5.57 Å². The summed E-state index contributed by atoms with van der Waals surface area (Å²) in [5, 5.41) is 0. The quantitative estimate of drug-likeness (QED) is 0.801. The van der Waals surface area contributed by atoms with E-state index in [0.717, 1.165) is 50.0 Å². The molecule has 4 nitrogen and oxygen atoms in total. The van der Waals surface area contributed by atoms with E-state index in [-0.39, 0.29) is 11.8 Å². The van der Waals surface area contributed by atoms with Gasteiger partial charge >= 0.3 is 0 Å². The molecule has 3 rings (SSSR count). The summed E-state index contributed by atoms with van der Waals surface area (Å²) in [6.07, 6.45) is 5.22. The molecule has 0 aliphatic carbocycles. The number of hydrogen-bond donors (Lipinski definition) is 0. The first-order valence-corrected chi connectivity index (χ1v) is 8.89. The molecule has 4 heteroatoms. The summed E-state index contributed by atoms with van der Waals surface area (Å²) in [4.78, 5) is 28.4. The minimum atomic E-state index is 0.0851. The number of nitrogens with zero attached hydrogens (tertiary/aromatic N) is 2. The third-order valence-electron chi connectivity index (χ3n) is 5.24. The second kappa shape index (κ2) is 7.20. The van der Waals surface area contributed by atoms with Crippen LogP contribution in [0.5, 0.6) is 0 Å². The highest BCUT2D eigenvalue weighted by molar-refractivity contribution is 5.95. The molecule has 0 unspecified atom stereocenters. The lowest BCUT2D eigenvalue weighted by Gasteiger charge is -2.36. The van der Waals surface area contributed by atoms with E-state index in [1.807, 2.05) is 28.9 Å². The van der Waals surface area contributed by atoms with E-state index in [1.165, 1.54) is 5.56 Å². The second-order valence-electron chi connectivity index (χ2n) is 6.89. The lowest BCUT2D eigenvalue weighted by Crippen LogP contribution is -2.46. The molecule has 0 N–H and O–H groups in total. The van der Waals surface area contributed by atoms with Crippen LogP contribution in [0.2, 0.25) is 0 Å². The van der Waals surface area contributed by atoms with Crippen molar-refractivity contribution in [3.8, 4) is 0 Å². The van der Waals surface area contributed by atoms with Crippen molar-refractivity contribution in [1.82, 2.24) is 9.80 Å². The molecule has 2 heterocycles. The summed E-state index contributed by atoms with van der Waals surface area (Å²) in [5.74, 6) is 0.372. The van der Waals surface area contributed by atoms with Crippen LogP contribution >= 0.6 is 0 Å². The van der Waals surface area contributed by atoms with E-state index in [2.05, 4.69) is 19.1 Å². The summed E-state index contributed by atoms with van der Waals surface area (Å²) < 4.78 is 0. The average Bonchev–Trinajstić information content (AvgIpc) is 3.01. The summed E-state index contributed by atoms with van der Waals surface area (Å²) >= 11 is 0. The van der Waals surface area contributed by atoms with Crippen LogP contribution in [0.4, 0.5) is 0 Å². The maximum absolute atomic E-state index is 12.6. The van der Waals surface area contributed by atoms with Crippen LogP contribution in [0.1, 0.15) is 43.7 Å². The Bertz CT molecular complexity index is 657. The number of hydrogen-bond acceptors (Lipinski definition) is 2. The molecule has 0 saturated carbocycles. The lowest BCUT2D eigenvalue weighted by molar-refractivity contribution is -0.132. The molecule has 0 spiro atoms. The van der Waals surface area contributed by atoms with Crippen LogP contribution in [0, 0.1) is 6.92 Å². The first-order chi connectivity index (χ1) is 11.6. The van der Waals surface area contributed by atoms with Gasteiger partial charge in [-0.05, 0) is 49.8 Å². The zero-order valence-corrected chi connectivity index (χ0v) is 14.6. The van der Waals surface area contributed by atoms with Gasteiger partial charge in [-0.15, -0.1) is 0 Å². The van der Waals surface area contributed by atoms with Crippen molar-refractivity contribution < 1.29 is 9.59 Å². The van der Waals surface area contributed by atoms with Crippen LogP contribution < -0.4 is 0 Å². The van der Waals surface area contributed by atoms with E-state index in [9.17, 15) is 9.59 Å². The molecule has 1 aromatic carbocycles. The van der Waals surface area contributed by atoms with Gasteiger partial charge in [0.15, 0.2) is 0 Å². The normalized spacial score (nSPS) is 19.9. The summed E-state index contributed by atoms with van der Waals surface area (Å²) in [6.45, 7) is 6.44. The molecular weight excluding hydrogens is 300 g/mol. The van der Waals surface area contributed by atoms with Crippen molar-refractivity contribution in [2.24, 2.45) is 0 Å². The Kier molecular flexibility index (Phi) is 5.03. The molecule has 2 aliphatic heterocycles. The van der Waals surface area contributed by atoms with E-state index in [4.69, 9.17) is 0 Å². The van der Waals surface area contributed by atoms with Crippen LogP contribution in [-0.2, 0) is 9.59 Å². The van der Waals surface area contributed by atoms with Crippen LogP contribution in [-0.4, -0.2) is 47.3 Å². The first-order valence-electron chi connectivity index (χ1n) is 8.89. The molecule has 0 aromatic heterocycles. The Morgan fingerprint density at radius 3 is 2.50 bits per heavy atom. The second-order valence-corrected chi connectivity index (χ2v) is 6.89. The SMILES string of the molecule is CC(=CC(=O)N1CCC(N2CCCC2=O)CC1)c1ccccc1C. The number of piperidine rings is 1. The van der Waals surface area contributed by atoms with Gasteiger partial charge in [-0.1, -0.05) is 24.3 Å². The molecule has 128 valence electrons. The van der Waals surface area contributed by atoms with Crippen molar-refractivity contribution in [3.63, 3.8) is 0 Å². The third-order valence-corrected chi connectivity index (χ3v) is 5.24. The molecule has 2 amide bonds. The Morgan fingerprint density at radius 2 is 1.88 bits per heavy atom. The maximum atomic E-state index is 12.6. The Morgan fingerprint density at radius 1 is 1.17 bits per heavy atom. The first kappa shape index (κ1) is 16.7. The Labute approximate surface area is 144 Å². The highest BCUT2D eigenvalue weighted by Gasteiger charge is 2.31. The number of rotatable bonds is 3. The number of aryl methyl sites for hydroxylation is 1. The zero-order valence-electron chi connectivity index (χ0n) is 14.6. The molecule has 2 fully saturated rings. The van der Waals surface area contributed by atoms with Crippen molar-refractivity contribution in [2.45, 2.75) is 45.6 Å². The molecule has 2 aliphatic rings. The van der Waals surface area contributed by atoms with Crippen molar-refractivity contribution in [2.75, 3.05) is 19.6 Å². The standard InChI is InChI=1S/C20H26N2O2/c1-15-6-3-4-7-18(15)16(2)14-20(24)21-12-9-17(10-13-21)22-11-5-8-19(22)23/h3-4,6-7,14,17H,5,8-13H2,1-2H3. The van der Waals surface area contributed by atoms with E-state index < -0.39 is 0 Å². The number of amides is 2. The smallest absolute Gasteiger partial charge is 0.246 e. The molecular formula is C20H26N2O2. The Balaban J connectivity index is 1.60. The minimum Gasteiger partial charge on any atom is -0.340 e. The van der Waals surface area contributed by atoms with Crippen molar-refractivity contribution >= 4 is 17.4 Å². The zero-order chi connectivity index (χ0) is 17.1. The van der Waals surface area contributed by atoms with E-state index >= 15 is 0 Å². The maximum Gasteiger partial charge on any atom is 0.246 e. The fraction of sp³-hybridized carbons (Fsp3) is 0.500. The summed E-state index contributed by atoms with van der Waals surface area (Å²) in [6, 6.07) is 8.46. The number of carbonyl (C=O) groups is 2. The summed E-state index contributed by atoms with van der Waals surface area (Å²) in [5.41, 5.74) is 3.32. The van der Waals surface area contributed by atoms with Gasteiger partial charge in [0.25, 0.3) is 0 Å².